The highest BCUT2D eigenvalue weighted by atomic mass is 15.3. The molecule has 3 heteroatoms. The second kappa shape index (κ2) is 4.43. The quantitative estimate of drug-likeness (QED) is 0.681. The maximum atomic E-state index is 4.45. The Balaban J connectivity index is 3.15. The van der Waals surface area contributed by atoms with Crippen molar-refractivity contribution in [1.29, 1.82) is 0 Å². The Morgan fingerprint density at radius 2 is 2.00 bits per heavy atom. The van der Waals surface area contributed by atoms with E-state index in [2.05, 4.69) is 35.3 Å². The topological polar surface area (TPSA) is 28.0 Å². The maximum Gasteiger partial charge on any atom is 0.160 e. The largest absolute Gasteiger partial charge is 0.313 e. The SMILES string of the molecule is C=C(C)N=C1C(=C(C)C)N=CN1C(C)C. The second-order valence-electron chi connectivity index (χ2n) is 4.26. The van der Waals surface area contributed by atoms with Gasteiger partial charge in [0.1, 0.15) is 5.70 Å². The Morgan fingerprint density at radius 1 is 1.40 bits per heavy atom. The Labute approximate surface area is 91.9 Å². The summed E-state index contributed by atoms with van der Waals surface area (Å²) in [4.78, 5) is 10.9. The minimum absolute atomic E-state index is 0.365. The van der Waals surface area contributed by atoms with Crippen molar-refractivity contribution in [1.82, 2.24) is 4.90 Å². The average molecular weight is 205 g/mol. The van der Waals surface area contributed by atoms with Crippen molar-refractivity contribution in [2.75, 3.05) is 0 Å². The number of hydrogen-bond acceptors (Lipinski definition) is 2. The van der Waals surface area contributed by atoms with E-state index < -0.39 is 0 Å². The highest BCUT2D eigenvalue weighted by Gasteiger charge is 2.23. The molecule has 1 heterocycles. The van der Waals surface area contributed by atoms with E-state index in [9.17, 15) is 0 Å². The Hall–Kier alpha value is -1.38. The summed E-state index contributed by atoms with van der Waals surface area (Å²) < 4.78 is 0. The lowest BCUT2D eigenvalue weighted by atomic mass is 10.2. The predicted molar refractivity (Wildman–Crippen MR) is 66.1 cm³/mol. The Morgan fingerprint density at radius 3 is 2.40 bits per heavy atom. The fourth-order valence-corrected chi connectivity index (χ4v) is 1.38. The van der Waals surface area contributed by atoms with Crippen molar-refractivity contribution < 1.29 is 0 Å². The molecule has 0 aliphatic carbocycles. The predicted octanol–water partition coefficient (Wildman–Crippen LogP) is 2.96. The van der Waals surface area contributed by atoms with Crippen LogP contribution in [0.2, 0.25) is 0 Å². The van der Waals surface area contributed by atoms with Gasteiger partial charge in [-0.2, -0.15) is 0 Å². The fourth-order valence-electron chi connectivity index (χ4n) is 1.38. The van der Waals surface area contributed by atoms with Crippen LogP contribution in [0.25, 0.3) is 0 Å². The highest BCUT2D eigenvalue weighted by molar-refractivity contribution is 6.09. The lowest BCUT2D eigenvalue weighted by Gasteiger charge is -2.20. The standard InChI is InChI=1S/C12H19N3/c1-8(2)11-12(14-9(3)4)15(7-13-11)10(5)6/h7,10H,3H2,1-2,4-6H3. The number of hydrogen-bond donors (Lipinski definition) is 0. The van der Waals surface area contributed by atoms with Gasteiger partial charge in [-0.1, -0.05) is 6.58 Å². The molecule has 0 amide bonds. The molecule has 0 aromatic heterocycles. The zero-order valence-electron chi connectivity index (χ0n) is 10.2. The summed E-state index contributed by atoms with van der Waals surface area (Å²) in [5.74, 6) is 0.914. The molecule has 0 saturated carbocycles. The first-order valence-electron chi connectivity index (χ1n) is 5.18. The van der Waals surface area contributed by atoms with Gasteiger partial charge in [-0.25, -0.2) is 9.98 Å². The summed E-state index contributed by atoms with van der Waals surface area (Å²) in [5.41, 5.74) is 2.95. The lowest BCUT2D eigenvalue weighted by molar-refractivity contribution is 0.520. The first-order valence-corrected chi connectivity index (χ1v) is 5.18. The van der Waals surface area contributed by atoms with Gasteiger partial charge in [-0.05, 0) is 40.2 Å². The monoisotopic (exact) mass is 205 g/mol. The zero-order chi connectivity index (χ0) is 11.6. The van der Waals surface area contributed by atoms with E-state index in [4.69, 9.17) is 0 Å². The normalized spacial score (nSPS) is 18.1. The molecular formula is C12H19N3. The van der Waals surface area contributed by atoms with E-state index in [1.54, 1.807) is 0 Å². The molecule has 0 N–H and O–H groups in total. The minimum atomic E-state index is 0.365. The Kier molecular flexibility index (Phi) is 3.45. The molecule has 0 aromatic rings. The summed E-state index contributed by atoms with van der Waals surface area (Å²) in [6, 6.07) is 0.365. The molecule has 15 heavy (non-hydrogen) atoms. The van der Waals surface area contributed by atoms with E-state index in [-0.39, 0.29) is 0 Å². The van der Waals surface area contributed by atoms with Gasteiger partial charge in [0.2, 0.25) is 0 Å². The summed E-state index contributed by atoms with van der Waals surface area (Å²) in [7, 11) is 0. The van der Waals surface area contributed by atoms with E-state index in [1.165, 1.54) is 5.57 Å². The van der Waals surface area contributed by atoms with Crippen LogP contribution in [0.1, 0.15) is 34.6 Å². The smallest absolute Gasteiger partial charge is 0.160 e. The van der Waals surface area contributed by atoms with E-state index in [0.29, 0.717) is 6.04 Å². The van der Waals surface area contributed by atoms with Gasteiger partial charge in [0.25, 0.3) is 0 Å². The van der Waals surface area contributed by atoms with Crippen molar-refractivity contribution in [3.8, 4) is 0 Å². The number of aliphatic imine (C=N–C) groups is 2. The van der Waals surface area contributed by atoms with Crippen LogP contribution in [0.3, 0.4) is 0 Å². The van der Waals surface area contributed by atoms with Crippen LogP contribution in [-0.2, 0) is 0 Å². The molecule has 0 aromatic carbocycles. The number of nitrogens with zero attached hydrogens (tertiary/aromatic N) is 3. The third-order valence-corrected chi connectivity index (χ3v) is 2.09. The van der Waals surface area contributed by atoms with E-state index in [0.717, 1.165) is 17.2 Å². The van der Waals surface area contributed by atoms with Gasteiger partial charge >= 0.3 is 0 Å². The van der Waals surface area contributed by atoms with Crippen LogP contribution >= 0.6 is 0 Å². The lowest BCUT2D eigenvalue weighted by Crippen LogP contribution is -2.32. The molecule has 1 aliphatic heterocycles. The summed E-state index contributed by atoms with van der Waals surface area (Å²) in [5, 5.41) is 0. The number of rotatable bonds is 2. The zero-order valence-corrected chi connectivity index (χ0v) is 10.2. The number of allylic oxidation sites excluding steroid dienone is 2. The van der Waals surface area contributed by atoms with Crippen LogP contribution in [-0.4, -0.2) is 23.1 Å². The minimum Gasteiger partial charge on any atom is -0.313 e. The van der Waals surface area contributed by atoms with Crippen LogP contribution in [0.5, 0.6) is 0 Å². The average Bonchev–Trinajstić information content (AvgIpc) is 2.46. The first-order chi connectivity index (χ1) is 6.93. The molecule has 0 radical (unpaired) electrons. The third kappa shape index (κ3) is 2.55. The van der Waals surface area contributed by atoms with Crippen LogP contribution in [0.4, 0.5) is 0 Å². The molecule has 1 rings (SSSR count). The fraction of sp³-hybridized carbons (Fsp3) is 0.500. The van der Waals surface area contributed by atoms with E-state index in [1.807, 2.05) is 27.1 Å². The maximum absolute atomic E-state index is 4.45. The van der Waals surface area contributed by atoms with Crippen molar-refractivity contribution in [2.45, 2.75) is 40.7 Å². The van der Waals surface area contributed by atoms with Crippen molar-refractivity contribution >= 4 is 12.2 Å². The molecule has 1 aliphatic rings. The molecule has 0 atom stereocenters. The highest BCUT2D eigenvalue weighted by Crippen LogP contribution is 2.19. The number of amidine groups is 1. The Bertz CT molecular complexity index is 355. The molecular weight excluding hydrogens is 186 g/mol. The summed E-state index contributed by atoms with van der Waals surface area (Å²) in [6.45, 7) is 14.0. The molecule has 0 unspecified atom stereocenters. The van der Waals surface area contributed by atoms with Crippen molar-refractivity contribution in [3.05, 3.63) is 23.5 Å². The van der Waals surface area contributed by atoms with Gasteiger partial charge < -0.3 is 4.90 Å². The summed E-state index contributed by atoms with van der Waals surface area (Å²) in [6.07, 6.45) is 1.84. The molecule has 0 bridgehead atoms. The first kappa shape index (κ1) is 11.7. The van der Waals surface area contributed by atoms with Gasteiger partial charge in [-0.3, -0.25) is 0 Å². The summed E-state index contributed by atoms with van der Waals surface area (Å²) >= 11 is 0. The third-order valence-electron chi connectivity index (χ3n) is 2.09. The van der Waals surface area contributed by atoms with Crippen molar-refractivity contribution in [2.24, 2.45) is 9.98 Å². The van der Waals surface area contributed by atoms with E-state index >= 15 is 0 Å². The van der Waals surface area contributed by atoms with Crippen LogP contribution in [0, 0.1) is 0 Å². The second-order valence-corrected chi connectivity index (χ2v) is 4.26. The molecule has 0 fully saturated rings. The van der Waals surface area contributed by atoms with Crippen LogP contribution < -0.4 is 0 Å². The van der Waals surface area contributed by atoms with Crippen LogP contribution in [0.15, 0.2) is 33.5 Å². The van der Waals surface area contributed by atoms with Crippen molar-refractivity contribution in [3.63, 3.8) is 0 Å². The van der Waals surface area contributed by atoms with Gasteiger partial charge in [0.05, 0.1) is 6.34 Å². The molecule has 0 spiro atoms. The molecule has 82 valence electrons. The van der Waals surface area contributed by atoms with Gasteiger partial charge in [0.15, 0.2) is 5.84 Å². The van der Waals surface area contributed by atoms with Gasteiger partial charge in [0, 0.05) is 11.7 Å². The molecule has 0 saturated heterocycles. The van der Waals surface area contributed by atoms with Gasteiger partial charge in [-0.15, -0.1) is 0 Å². The molecule has 3 nitrogen and oxygen atoms in total.